The molecule has 0 saturated carbocycles. The lowest BCUT2D eigenvalue weighted by molar-refractivity contribution is -0.132. The van der Waals surface area contributed by atoms with Crippen molar-refractivity contribution in [3.05, 3.63) is 11.6 Å². The lowest BCUT2D eigenvalue weighted by atomic mass is 9.86. The number of carboxylic acids is 1. The first kappa shape index (κ1) is 16.8. The molecule has 22 heavy (non-hydrogen) atoms. The van der Waals surface area contributed by atoms with Crippen molar-refractivity contribution < 1.29 is 19.4 Å². The first-order valence-corrected chi connectivity index (χ1v) is 7.91. The van der Waals surface area contributed by atoms with E-state index in [1.165, 1.54) is 0 Å². The van der Waals surface area contributed by atoms with Crippen molar-refractivity contribution in [1.82, 2.24) is 10.2 Å². The van der Waals surface area contributed by atoms with Crippen LogP contribution in [0, 0.1) is 5.92 Å². The minimum Gasteiger partial charge on any atom is -0.478 e. The van der Waals surface area contributed by atoms with Gasteiger partial charge in [0.2, 0.25) is 0 Å². The van der Waals surface area contributed by atoms with E-state index < -0.39 is 11.6 Å². The first-order valence-electron chi connectivity index (χ1n) is 7.91. The Bertz CT molecular complexity index is 459. The molecule has 6 heteroatoms. The summed E-state index contributed by atoms with van der Waals surface area (Å²) in [6.45, 7) is 7.61. The number of hydrogen-bond donors (Lipinski definition) is 2. The van der Waals surface area contributed by atoms with E-state index >= 15 is 0 Å². The Hall–Kier alpha value is -1.56. The van der Waals surface area contributed by atoms with Gasteiger partial charge in [-0.25, -0.2) is 9.59 Å². The summed E-state index contributed by atoms with van der Waals surface area (Å²) in [6.07, 6.45) is 3.88. The van der Waals surface area contributed by atoms with Crippen LogP contribution in [0.2, 0.25) is 0 Å². The standard InChI is InChI=1S/C16H26N2O4/c1-16(2,3)22-15(21)18-8-5-11(6-9-18)13-10-12(14(19)20)4-7-17-13/h10-11,13,17H,4-9H2,1-3H3,(H,19,20). The van der Waals surface area contributed by atoms with Crippen LogP contribution in [-0.2, 0) is 9.53 Å². The second-order valence-electron chi connectivity index (χ2n) is 7.03. The normalized spacial score (nSPS) is 23.9. The molecule has 124 valence electrons. The highest BCUT2D eigenvalue weighted by Crippen LogP contribution is 2.25. The van der Waals surface area contributed by atoms with E-state index in [-0.39, 0.29) is 12.1 Å². The maximum absolute atomic E-state index is 12.0. The molecule has 0 aromatic rings. The molecule has 2 aliphatic rings. The van der Waals surface area contributed by atoms with Crippen molar-refractivity contribution in [2.45, 2.75) is 51.7 Å². The second kappa shape index (κ2) is 6.69. The highest BCUT2D eigenvalue weighted by Gasteiger charge is 2.31. The fourth-order valence-corrected chi connectivity index (χ4v) is 2.98. The number of amides is 1. The third kappa shape index (κ3) is 4.47. The Morgan fingerprint density at radius 1 is 1.32 bits per heavy atom. The zero-order valence-corrected chi connectivity index (χ0v) is 13.6. The fraction of sp³-hybridized carbons (Fsp3) is 0.750. The highest BCUT2D eigenvalue weighted by molar-refractivity contribution is 5.86. The zero-order chi connectivity index (χ0) is 16.3. The summed E-state index contributed by atoms with van der Waals surface area (Å²) in [6, 6.07) is 0.0978. The minimum absolute atomic E-state index is 0.0978. The van der Waals surface area contributed by atoms with Gasteiger partial charge in [0.25, 0.3) is 0 Å². The molecule has 1 saturated heterocycles. The van der Waals surface area contributed by atoms with Crippen LogP contribution in [0.25, 0.3) is 0 Å². The number of likely N-dealkylation sites (tertiary alicyclic amines) is 1. The van der Waals surface area contributed by atoms with Gasteiger partial charge >= 0.3 is 12.1 Å². The number of nitrogens with one attached hydrogen (secondary N) is 1. The molecule has 0 aromatic carbocycles. The van der Waals surface area contributed by atoms with Crippen molar-refractivity contribution in [3.63, 3.8) is 0 Å². The molecule has 2 N–H and O–H groups in total. The van der Waals surface area contributed by atoms with Crippen molar-refractivity contribution in [2.75, 3.05) is 19.6 Å². The quantitative estimate of drug-likeness (QED) is 0.815. The van der Waals surface area contributed by atoms with Crippen LogP contribution in [0.3, 0.4) is 0 Å². The largest absolute Gasteiger partial charge is 0.478 e. The van der Waals surface area contributed by atoms with Gasteiger partial charge in [0.1, 0.15) is 5.60 Å². The summed E-state index contributed by atoms with van der Waals surface area (Å²) in [4.78, 5) is 24.9. The predicted molar refractivity (Wildman–Crippen MR) is 82.7 cm³/mol. The maximum atomic E-state index is 12.0. The summed E-state index contributed by atoms with van der Waals surface area (Å²) in [5, 5.41) is 12.5. The molecule has 1 unspecified atom stereocenters. The van der Waals surface area contributed by atoms with E-state index in [0.717, 1.165) is 12.8 Å². The number of carbonyl (C=O) groups is 2. The Kier molecular flexibility index (Phi) is 5.11. The molecule has 6 nitrogen and oxygen atoms in total. The molecule has 0 bridgehead atoms. The SMILES string of the molecule is CC(C)(C)OC(=O)N1CCC(C2C=C(C(=O)O)CCN2)CC1. The van der Waals surface area contributed by atoms with E-state index in [0.29, 0.717) is 37.5 Å². The van der Waals surface area contributed by atoms with Gasteiger partial charge < -0.3 is 20.1 Å². The third-order valence-electron chi connectivity index (χ3n) is 4.13. The van der Waals surface area contributed by atoms with Gasteiger partial charge in [-0.2, -0.15) is 0 Å². The lowest BCUT2D eigenvalue weighted by Gasteiger charge is -2.37. The zero-order valence-electron chi connectivity index (χ0n) is 13.6. The van der Waals surface area contributed by atoms with E-state index in [9.17, 15) is 9.59 Å². The van der Waals surface area contributed by atoms with Crippen LogP contribution in [0.1, 0.15) is 40.0 Å². The summed E-state index contributed by atoms with van der Waals surface area (Å²) in [5.41, 5.74) is 0.0242. The molecule has 0 aliphatic carbocycles. The summed E-state index contributed by atoms with van der Waals surface area (Å²) < 4.78 is 5.39. The Labute approximate surface area is 131 Å². The lowest BCUT2D eigenvalue weighted by Crippen LogP contribution is -2.47. The van der Waals surface area contributed by atoms with Crippen LogP contribution in [-0.4, -0.2) is 53.3 Å². The second-order valence-corrected chi connectivity index (χ2v) is 7.03. The van der Waals surface area contributed by atoms with Gasteiger partial charge in [0.05, 0.1) is 0 Å². The van der Waals surface area contributed by atoms with Crippen molar-refractivity contribution in [2.24, 2.45) is 5.92 Å². The van der Waals surface area contributed by atoms with Crippen molar-refractivity contribution in [1.29, 1.82) is 0 Å². The molecular weight excluding hydrogens is 284 g/mol. The van der Waals surface area contributed by atoms with Gasteiger partial charge in [-0.1, -0.05) is 6.08 Å². The molecule has 1 fully saturated rings. The topological polar surface area (TPSA) is 78.9 Å². The Morgan fingerprint density at radius 3 is 2.50 bits per heavy atom. The average Bonchev–Trinajstić information content (AvgIpc) is 2.46. The number of piperidine rings is 1. The van der Waals surface area contributed by atoms with Crippen LogP contribution >= 0.6 is 0 Å². The summed E-state index contributed by atoms with van der Waals surface area (Å²) >= 11 is 0. The first-order chi connectivity index (χ1) is 10.3. The van der Waals surface area contributed by atoms with Crippen LogP contribution in [0.4, 0.5) is 4.79 Å². The number of nitrogens with zero attached hydrogens (tertiary/aromatic N) is 1. The van der Waals surface area contributed by atoms with E-state index in [2.05, 4.69) is 5.32 Å². The predicted octanol–water partition coefficient (Wildman–Crippen LogP) is 2.01. The third-order valence-corrected chi connectivity index (χ3v) is 4.13. The van der Waals surface area contributed by atoms with Gasteiger partial charge in [0, 0.05) is 24.7 Å². The van der Waals surface area contributed by atoms with Gasteiger partial charge in [0.15, 0.2) is 0 Å². The molecule has 1 amide bonds. The number of aliphatic carboxylic acids is 1. The molecule has 0 aromatic heterocycles. The van der Waals surface area contributed by atoms with Crippen LogP contribution in [0.5, 0.6) is 0 Å². The number of rotatable bonds is 2. The maximum Gasteiger partial charge on any atom is 0.410 e. The molecule has 0 radical (unpaired) electrons. The highest BCUT2D eigenvalue weighted by atomic mass is 16.6. The molecule has 2 aliphatic heterocycles. The molecule has 2 rings (SSSR count). The van der Waals surface area contributed by atoms with E-state index in [4.69, 9.17) is 9.84 Å². The number of carbonyl (C=O) groups excluding carboxylic acids is 1. The number of hydrogen-bond acceptors (Lipinski definition) is 4. The van der Waals surface area contributed by atoms with Crippen LogP contribution < -0.4 is 5.32 Å². The number of carboxylic acid groups (broad SMARTS) is 1. The Balaban J connectivity index is 1.88. The smallest absolute Gasteiger partial charge is 0.410 e. The average molecular weight is 310 g/mol. The van der Waals surface area contributed by atoms with Gasteiger partial charge in [-0.3, -0.25) is 0 Å². The van der Waals surface area contributed by atoms with Crippen molar-refractivity contribution >= 4 is 12.1 Å². The van der Waals surface area contributed by atoms with Gasteiger partial charge in [-0.05, 0) is 52.5 Å². The van der Waals surface area contributed by atoms with E-state index in [1.54, 1.807) is 4.90 Å². The van der Waals surface area contributed by atoms with Crippen LogP contribution in [0.15, 0.2) is 11.6 Å². The molecule has 0 spiro atoms. The molecule has 2 heterocycles. The van der Waals surface area contributed by atoms with E-state index in [1.807, 2.05) is 26.8 Å². The minimum atomic E-state index is -0.822. The molecular formula is C16H26N2O4. The fourth-order valence-electron chi connectivity index (χ4n) is 2.98. The summed E-state index contributed by atoms with van der Waals surface area (Å²) in [7, 11) is 0. The Morgan fingerprint density at radius 2 is 1.95 bits per heavy atom. The van der Waals surface area contributed by atoms with Gasteiger partial charge in [-0.15, -0.1) is 0 Å². The summed E-state index contributed by atoms with van der Waals surface area (Å²) in [5.74, 6) is -0.453. The molecule has 1 atom stereocenters. The number of ether oxygens (including phenoxy) is 1. The monoisotopic (exact) mass is 310 g/mol. The van der Waals surface area contributed by atoms with Crippen molar-refractivity contribution in [3.8, 4) is 0 Å².